The summed E-state index contributed by atoms with van der Waals surface area (Å²) >= 11 is 5.68. The van der Waals surface area contributed by atoms with Gasteiger partial charge in [-0.15, -0.1) is 12.4 Å². The van der Waals surface area contributed by atoms with Crippen LogP contribution >= 0.6 is 24.0 Å². The van der Waals surface area contributed by atoms with Crippen molar-refractivity contribution in [3.8, 4) is 0 Å². The van der Waals surface area contributed by atoms with Crippen molar-refractivity contribution >= 4 is 34.0 Å². The first-order valence-corrected chi connectivity index (χ1v) is 8.92. The van der Waals surface area contributed by atoms with Gasteiger partial charge < -0.3 is 5.73 Å². The molecule has 0 radical (unpaired) electrons. The van der Waals surface area contributed by atoms with E-state index in [4.69, 9.17) is 17.3 Å². The zero-order valence-corrected chi connectivity index (χ0v) is 14.3. The molecule has 1 aliphatic heterocycles. The van der Waals surface area contributed by atoms with E-state index >= 15 is 0 Å². The maximum Gasteiger partial charge on any atom is 0.246 e. The van der Waals surface area contributed by atoms with Crippen LogP contribution in [0.4, 0.5) is 4.39 Å². The molecule has 2 aliphatic rings. The van der Waals surface area contributed by atoms with Crippen LogP contribution in [0.15, 0.2) is 23.1 Å². The summed E-state index contributed by atoms with van der Waals surface area (Å²) in [6, 6.07) is 3.70. The predicted molar refractivity (Wildman–Crippen MR) is 86.2 cm³/mol. The van der Waals surface area contributed by atoms with E-state index < -0.39 is 15.8 Å². The van der Waals surface area contributed by atoms with Gasteiger partial charge in [-0.05, 0) is 42.9 Å². The van der Waals surface area contributed by atoms with Crippen molar-refractivity contribution in [1.82, 2.24) is 4.31 Å². The van der Waals surface area contributed by atoms with Gasteiger partial charge in [0.05, 0.1) is 0 Å². The van der Waals surface area contributed by atoms with Crippen LogP contribution in [0.5, 0.6) is 0 Å². The van der Waals surface area contributed by atoms with E-state index in [0.29, 0.717) is 19.0 Å². The van der Waals surface area contributed by atoms with E-state index in [9.17, 15) is 12.8 Å². The number of sulfonamides is 1. The maximum absolute atomic E-state index is 13.9. The number of halogens is 3. The fourth-order valence-electron chi connectivity index (χ4n) is 3.50. The Morgan fingerprint density at radius 3 is 2.64 bits per heavy atom. The molecule has 0 aromatic heterocycles. The lowest BCUT2D eigenvalue weighted by Crippen LogP contribution is -2.38. The highest BCUT2D eigenvalue weighted by atomic mass is 35.5. The Morgan fingerprint density at radius 2 is 2.00 bits per heavy atom. The highest BCUT2D eigenvalue weighted by molar-refractivity contribution is 7.89. The average Bonchev–Trinajstić information content (AvgIpc) is 2.84. The summed E-state index contributed by atoms with van der Waals surface area (Å²) in [5.41, 5.74) is 6.10. The molecule has 1 saturated carbocycles. The fourth-order valence-corrected chi connectivity index (χ4v) is 5.23. The molecule has 2 N–H and O–H groups in total. The van der Waals surface area contributed by atoms with Crippen LogP contribution in [0, 0.1) is 17.7 Å². The van der Waals surface area contributed by atoms with E-state index in [1.807, 2.05) is 0 Å². The van der Waals surface area contributed by atoms with Crippen LogP contribution < -0.4 is 5.73 Å². The van der Waals surface area contributed by atoms with Crippen molar-refractivity contribution < 1.29 is 12.8 Å². The van der Waals surface area contributed by atoms with E-state index in [1.165, 1.54) is 16.4 Å². The van der Waals surface area contributed by atoms with Crippen molar-refractivity contribution in [2.45, 2.75) is 30.2 Å². The fraction of sp³-hybridized carbons (Fsp3) is 0.571. The summed E-state index contributed by atoms with van der Waals surface area (Å²) < 4.78 is 40.5. The summed E-state index contributed by atoms with van der Waals surface area (Å²) in [6.07, 6.45) is 2.96. The molecule has 124 valence electrons. The third-order valence-corrected chi connectivity index (χ3v) is 6.73. The van der Waals surface area contributed by atoms with Crippen LogP contribution in [0.2, 0.25) is 5.02 Å². The van der Waals surface area contributed by atoms with Crippen LogP contribution in [0.25, 0.3) is 0 Å². The van der Waals surface area contributed by atoms with Crippen molar-refractivity contribution in [2.75, 3.05) is 13.1 Å². The Labute approximate surface area is 141 Å². The minimum atomic E-state index is -3.82. The van der Waals surface area contributed by atoms with Crippen molar-refractivity contribution in [2.24, 2.45) is 17.6 Å². The number of fused-ring (bicyclic) bond motifs is 1. The molecule has 3 rings (SSSR count). The normalized spacial score (nSPS) is 29.0. The first-order valence-electron chi connectivity index (χ1n) is 7.10. The molecule has 22 heavy (non-hydrogen) atoms. The van der Waals surface area contributed by atoms with Crippen molar-refractivity contribution in [3.63, 3.8) is 0 Å². The van der Waals surface area contributed by atoms with Gasteiger partial charge in [0, 0.05) is 24.2 Å². The SMILES string of the molecule is Cl.NC1CCCC2CN(S(=O)(=O)c3ccc(Cl)cc3F)CC12. The monoisotopic (exact) mass is 368 g/mol. The highest BCUT2D eigenvalue weighted by Gasteiger charge is 2.43. The number of benzene rings is 1. The van der Waals surface area contributed by atoms with Gasteiger partial charge in [-0.2, -0.15) is 4.31 Å². The lowest BCUT2D eigenvalue weighted by Gasteiger charge is -2.29. The topological polar surface area (TPSA) is 63.4 Å². The van der Waals surface area contributed by atoms with Gasteiger partial charge in [0.2, 0.25) is 10.0 Å². The Hall–Kier alpha value is -0.400. The van der Waals surface area contributed by atoms with Gasteiger partial charge in [0.15, 0.2) is 0 Å². The van der Waals surface area contributed by atoms with E-state index in [2.05, 4.69) is 0 Å². The zero-order valence-electron chi connectivity index (χ0n) is 11.9. The Morgan fingerprint density at radius 1 is 1.27 bits per heavy atom. The van der Waals surface area contributed by atoms with E-state index in [1.54, 1.807) is 0 Å². The summed E-state index contributed by atoms with van der Waals surface area (Å²) in [5.74, 6) is -0.329. The summed E-state index contributed by atoms with van der Waals surface area (Å²) in [6.45, 7) is 0.818. The lowest BCUT2D eigenvalue weighted by molar-refractivity contribution is 0.260. The number of hydrogen-bond acceptors (Lipinski definition) is 3. The lowest BCUT2D eigenvalue weighted by atomic mass is 9.78. The second-order valence-electron chi connectivity index (χ2n) is 5.92. The second kappa shape index (κ2) is 6.61. The molecule has 1 aliphatic carbocycles. The Bertz CT molecular complexity index is 656. The van der Waals surface area contributed by atoms with Crippen LogP contribution in [0.1, 0.15) is 19.3 Å². The number of nitrogens with two attached hydrogens (primary N) is 1. The van der Waals surface area contributed by atoms with E-state index in [-0.39, 0.29) is 34.3 Å². The molecule has 3 atom stereocenters. The van der Waals surface area contributed by atoms with Gasteiger partial charge in [-0.1, -0.05) is 18.0 Å². The quantitative estimate of drug-likeness (QED) is 0.872. The molecular weight excluding hydrogens is 350 g/mol. The van der Waals surface area contributed by atoms with Crippen molar-refractivity contribution in [1.29, 1.82) is 0 Å². The first kappa shape index (κ1) is 17.9. The molecule has 0 spiro atoms. The first-order chi connectivity index (χ1) is 9.89. The zero-order chi connectivity index (χ0) is 15.2. The van der Waals surface area contributed by atoms with Crippen LogP contribution in [-0.2, 0) is 10.0 Å². The predicted octanol–water partition coefficient (Wildman–Crippen LogP) is 2.65. The van der Waals surface area contributed by atoms with Gasteiger partial charge in [-0.25, -0.2) is 12.8 Å². The Balaban J connectivity index is 0.00000176. The molecule has 2 fully saturated rings. The summed E-state index contributed by atoms with van der Waals surface area (Å²) in [7, 11) is -3.82. The third kappa shape index (κ3) is 3.12. The number of nitrogens with zero attached hydrogens (tertiary/aromatic N) is 1. The minimum Gasteiger partial charge on any atom is -0.327 e. The molecule has 1 saturated heterocycles. The maximum atomic E-state index is 13.9. The smallest absolute Gasteiger partial charge is 0.246 e. The van der Waals surface area contributed by atoms with Gasteiger partial charge >= 0.3 is 0 Å². The molecule has 0 bridgehead atoms. The van der Waals surface area contributed by atoms with Gasteiger partial charge in [0.25, 0.3) is 0 Å². The van der Waals surface area contributed by atoms with Crippen LogP contribution in [-0.4, -0.2) is 31.9 Å². The number of hydrogen-bond donors (Lipinski definition) is 1. The highest BCUT2D eigenvalue weighted by Crippen LogP contribution is 2.38. The Kier molecular flexibility index (Phi) is 5.39. The van der Waals surface area contributed by atoms with E-state index in [0.717, 1.165) is 25.3 Å². The molecule has 4 nitrogen and oxygen atoms in total. The number of rotatable bonds is 2. The minimum absolute atomic E-state index is 0. The molecular formula is C14H19Cl2FN2O2S. The largest absolute Gasteiger partial charge is 0.327 e. The van der Waals surface area contributed by atoms with Gasteiger partial charge in [0.1, 0.15) is 10.7 Å². The molecule has 1 aromatic rings. The third-order valence-electron chi connectivity index (χ3n) is 4.63. The summed E-state index contributed by atoms with van der Waals surface area (Å²) in [5, 5.41) is 0.184. The molecule has 1 aromatic carbocycles. The molecule has 3 unspecified atom stereocenters. The summed E-state index contributed by atoms with van der Waals surface area (Å²) in [4.78, 5) is -0.306. The van der Waals surface area contributed by atoms with Gasteiger partial charge in [-0.3, -0.25) is 0 Å². The van der Waals surface area contributed by atoms with Crippen LogP contribution in [0.3, 0.4) is 0 Å². The molecule has 0 amide bonds. The molecule has 8 heteroatoms. The van der Waals surface area contributed by atoms with Crippen molar-refractivity contribution in [3.05, 3.63) is 29.0 Å². The second-order valence-corrected chi connectivity index (χ2v) is 8.26. The average molecular weight is 369 g/mol. The standard InChI is InChI=1S/C14H18ClFN2O2S.ClH/c15-10-4-5-14(12(16)6-10)21(19,20)18-7-9-2-1-3-13(17)11(9)8-18;/h4-6,9,11,13H,1-3,7-8,17H2;1H. The molecule has 1 heterocycles.